The van der Waals surface area contributed by atoms with Crippen molar-refractivity contribution in [3.8, 4) is 0 Å². The standard InChI is InChI=1S/C14H23N3O/c1-4-5-8-17(3)14(18)11-6-7-12-13(9-11)16-10(2)15-12/h11H,4-9H2,1-3H3,(H,15,16). The summed E-state index contributed by atoms with van der Waals surface area (Å²) in [6.45, 7) is 5.00. The number of rotatable bonds is 4. The summed E-state index contributed by atoms with van der Waals surface area (Å²) in [5.41, 5.74) is 2.33. The van der Waals surface area contributed by atoms with E-state index in [-0.39, 0.29) is 5.92 Å². The van der Waals surface area contributed by atoms with E-state index in [0.29, 0.717) is 5.91 Å². The first-order valence-electron chi connectivity index (χ1n) is 6.91. The van der Waals surface area contributed by atoms with E-state index in [1.165, 1.54) is 5.69 Å². The molecule has 0 saturated carbocycles. The van der Waals surface area contributed by atoms with Gasteiger partial charge in [0.2, 0.25) is 5.91 Å². The summed E-state index contributed by atoms with van der Waals surface area (Å²) in [7, 11) is 1.92. The molecule has 4 heteroatoms. The summed E-state index contributed by atoms with van der Waals surface area (Å²) >= 11 is 0. The zero-order chi connectivity index (χ0) is 13.1. The zero-order valence-electron chi connectivity index (χ0n) is 11.6. The van der Waals surface area contributed by atoms with Gasteiger partial charge in [-0.25, -0.2) is 4.98 Å². The number of aromatic amines is 1. The summed E-state index contributed by atoms with van der Waals surface area (Å²) in [4.78, 5) is 21.9. The van der Waals surface area contributed by atoms with Crippen molar-refractivity contribution in [3.63, 3.8) is 0 Å². The molecule has 100 valence electrons. The lowest BCUT2D eigenvalue weighted by atomic mass is 9.89. The molecule has 1 aliphatic rings. The second-order valence-corrected chi connectivity index (χ2v) is 5.30. The van der Waals surface area contributed by atoms with E-state index in [1.807, 2.05) is 18.9 Å². The van der Waals surface area contributed by atoms with Gasteiger partial charge in [0.25, 0.3) is 0 Å². The highest BCUT2D eigenvalue weighted by Crippen LogP contribution is 2.25. The average Bonchev–Trinajstić information content (AvgIpc) is 2.73. The number of amides is 1. The van der Waals surface area contributed by atoms with E-state index in [0.717, 1.165) is 50.2 Å². The molecule has 1 heterocycles. The van der Waals surface area contributed by atoms with Gasteiger partial charge in [-0.1, -0.05) is 13.3 Å². The maximum atomic E-state index is 12.3. The Morgan fingerprint density at radius 1 is 1.56 bits per heavy atom. The van der Waals surface area contributed by atoms with Crippen LogP contribution in [0.25, 0.3) is 0 Å². The van der Waals surface area contributed by atoms with E-state index in [1.54, 1.807) is 0 Å². The SMILES string of the molecule is CCCCN(C)C(=O)C1CCc2nc(C)[nH]c2C1. The third kappa shape index (κ3) is 2.74. The fourth-order valence-corrected chi connectivity index (χ4v) is 2.65. The van der Waals surface area contributed by atoms with Crippen molar-refractivity contribution in [2.45, 2.75) is 46.0 Å². The number of nitrogens with zero attached hydrogens (tertiary/aromatic N) is 2. The highest BCUT2D eigenvalue weighted by molar-refractivity contribution is 5.79. The molecule has 2 rings (SSSR count). The Bertz CT molecular complexity index is 425. The Kier molecular flexibility index (Phi) is 4.04. The minimum Gasteiger partial charge on any atom is -0.346 e. The molecule has 0 fully saturated rings. The maximum Gasteiger partial charge on any atom is 0.225 e. The van der Waals surface area contributed by atoms with Gasteiger partial charge in [-0.2, -0.15) is 0 Å². The number of carbonyl (C=O) groups excluding carboxylic acids is 1. The summed E-state index contributed by atoms with van der Waals surface area (Å²) in [5.74, 6) is 1.40. The number of aryl methyl sites for hydroxylation is 2. The summed E-state index contributed by atoms with van der Waals surface area (Å²) in [5, 5.41) is 0. The van der Waals surface area contributed by atoms with E-state index >= 15 is 0 Å². The summed E-state index contributed by atoms with van der Waals surface area (Å²) < 4.78 is 0. The van der Waals surface area contributed by atoms with Crippen LogP contribution in [0.5, 0.6) is 0 Å². The van der Waals surface area contributed by atoms with E-state index in [4.69, 9.17) is 0 Å². The number of imidazole rings is 1. The first kappa shape index (κ1) is 13.1. The van der Waals surface area contributed by atoms with Gasteiger partial charge in [-0.3, -0.25) is 4.79 Å². The number of hydrogen-bond donors (Lipinski definition) is 1. The van der Waals surface area contributed by atoms with E-state index < -0.39 is 0 Å². The number of fused-ring (bicyclic) bond motifs is 1. The van der Waals surface area contributed by atoms with Crippen LogP contribution in [-0.2, 0) is 17.6 Å². The minimum atomic E-state index is 0.138. The van der Waals surface area contributed by atoms with Crippen molar-refractivity contribution in [2.24, 2.45) is 5.92 Å². The predicted octanol–water partition coefficient (Wildman–Crippen LogP) is 2.08. The molecule has 0 bridgehead atoms. The molecule has 1 aliphatic carbocycles. The molecule has 0 spiro atoms. The Balaban J connectivity index is 1.97. The molecule has 0 aromatic carbocycles. The van der Waals surface area contributed by atoms with Crippen LogP contribution in [-0.4, -0.2) is 34.4 Å². The fourth-order valence-electron chi connectivity index (χ4n) is 2.65. The molecule has 0 aliphatic heterocycles. The van der Waals surface area contributed by atoms with Gasteiger partial charge in [0.05, 0.1) is 5.69 Å². The second kappa shape index (κ2) is 5.55. The van der Waals surface area contributed by atoms with Crippen LogP contribution < -0.4 is 0 Å². The van der Waals surface area contributed by atoms with Crippen molar-refractivity contribution in [2.75, 3.05) is 13.6 Å². The van der Waals surface area contributed by atoms with Gasteiger partial charge < -0.3 is 9.88 Å². The molecule has 1 aromatic rings. The molecule has 1 unspecified atom stereocenters. The van der Waals surface area contributed by atoms with Gasteiger partial charge in [0, 0.05) is 31.6 Å². The quantitative estimate of drug-likeness (QED) is 0.888. The Hall–Kier alpha value is -1.32. The molecular weight excluding hydrogens is 226 g/mol. The molecule has 0 saturated heterocycles. The van der Waals surface area contributed by atoms with E-state index in [9.17, 15) is 4.79 Å². The lowest BCUT2D eigenvalue weighted by molar-refractivity contribution is -0.134. The largest absolute Gasteiger partial charge is 0.346 e. The highest BCUT2D eigenvalue weighted by atomic mass is 16.2. The number of aromatic nitrogens is 2. The van der Waals surface area contributed by atoms with Crippen molar-refractivity contribution in [1.29, 1.82) is 0 Å². The highest BCUT2D eigenvalue weighted by Gasteiger charge is 2.28. The first-order valence-corrected chi connectivity index (χ1v) is 6.91. The normalized spacial score (nSPS) is 18.5. The molecule has 4 nitrogen and oxygen atoms in total. The molecule has 1 amide bonds. The number of H-pyrrole nitrogens is 1. The van der Waals surface area contributed by atoms with Gasteiger partial charge in [0.1, 0.15) is 5.82 Å². The minimum absolute atomic E-state index is 0.138. The van der Waals surface area contributed by atoms with E-state index in [2.05, 4.69) is 16.9 Å². The summed E-state index contributed by atoms with van der Waals surface area (Å²) in [6, 6.07) is 0. The lowest BCUT2D eigenvalue weighted by Gasteiger charge is -2.26. The van der Waals surface area contributed by atoms with Gasteiger partial charge in [0.15, 0.2) is 0 Å². The third-order valence-corrected chi connectivity index (χ3v) is 3.74. The fraction of sp³-hybridized carbons (Fsp3) is 0.714. The Labute approximate surface area is 109 Å². The lowest BCUT2D eigenvalue weighted by Crippen LogP contribution is -2.36. The first-order chi connectivity index (χ1) is 8.61. The van der Waals surface area contributed by atoms with Gasteiger partial charge in [-0.15, -0.1) is 0 Å². The van der Waals surface area contributed by atoms with Crippen molar-refractivity contribution in [3.05, 3.63) is 17.2 Å². The zero-order valence-corrected chi connectivity index (χ0v) is 11.6. The molecule has 1 aromatic heterocycles. The van der Waals surface area contributed by atoms with Crippen molar-refractivity contribution >= 4 is 5.91 Å². The number of carbonyl (C=O) groups is 1. The molecule has 1 atom stereocenters. The van der Waals surface area contributed by atoms with Crippen LogP contribution in [0.3, 0.4) is 0 Å². The van der Waals surface area contributed by atoms with Crippen LogP contribution in [0.15, 0.2) is 0 Å². The van der Waals surface area contributed by atoms with Crippen LogP contribution >= 0.6 is 0 Å². The van der Waals surface area contributed by atoms with Gasteiger partial charge in [-0.05, 0) is 26.2 Å². The van der Waals surface area contributed by atoms with Gasteiger partial charge >= 0.3 is 0 Å². The third-order valence-electron chi connectivity index (χ3n) is 3.74. The van der Waals surface area contributed by atoms with Crippen molar-refractivity contribution in [1.82, 2.24) is 14.9 Å². The molecule has 0 radical (unpaired) electrons. The Morgan fingerprint density at radius 2 is 2.33 bits per heavy atom. The van der Waals surface area contributed by atoms with Crippen LogP contribution in [0.1, 0.15) is 43.4 Å². The van der Waals surface area contributed by atoms with Crippen LogP contribution in [0.2, 0.25) is 0 Å². The average molecular weight is 249 g/mol. The number of hydrogen-bond acceptors (Lipinski definition) is 2. The van der Waals surface area contributed by atoms with Crippen LogP contribution in [0, 0.1) is 12.8 Å². The molecule has 18 heavy (non-hydrogen) atoms. The number of nitrogens with one attached hydrogen (secondary N) is 1. The summed E-state index contributed by atoms with van der Waals surface area (Å²) in [6.07, 6.45) is 4.91. The monoisotopic (exact) mass is 249 g/mol. The predicted molar refractivity (Wildman–Crippen MR) is 71.4 cm³/mol. The maximum absolute atomic E-state index is 12.3. The van der Waals surface area contributed by atoms with Crippen LogP contribution in [0.4, 0.5) is 0 Å². The van der Waals surface area contributed by atoms with Crippen molar-refractivity contribution < 1.29 is 4.79 Å². The molecule has 1 N–H and O–H groups in total. The molecular formula is C14H23N3O. The topological polar surface area (TPSA) is 49.0 Å². The smallest absolute Gasteiger partial charge is 0.225 e. The number of unbranched alkanes of at least 4 members (excludes halogenated alkanes) is 1. The Morgan fingerprint density at radius 3 is 3.06 bits per heavy atom. The second-order valence-electron chi connectivity index (χ2n) is 5.30.